The molecule has 0 aliphatic heterocycles. The van der Waals surface area contributed by atoms with Crippen LogP contribution in [0.5, 0.6) is 5.75 Å². The predicted molar refractivity (Wildman–Crippen MR) is 161 cm³/mol. The Balaban J connectivity index is 1.77. The predicted octanol–water partition coefficient (Wildman–Crippen LogP) is 7.41. The molecule has 0 atom stereocenters. The smallest absolute Gasteiger partial charge is 0.167 e. The molecule has 216 valence electrons. The van der Waals surface area contributed by atoms with Crippen LogP contribution in [0, 0.1) is 5.92 Å². The lowest BCUT2D eigenvalue weighted by Crippen LogP contribution is -2.22. The SMILES string of the molecule is C[Si](C)(C)CCOCOCc1nc2c(OCC3CCC(O)CC3)c(Cl)c(Cl)cc2n1COCC[Si](C)(C)C. The third kappa shape index (κ3) is 10.1. The highest BCUT2D eigenvalue weighted by molar-refractivity contribution is 6.76. The van der Waals surface area contributed by atoms with E-state index < -0.39 is 16.1 Å². The molecule has 1 fully saturated rings. The maximum atomic E-state index is 9.83. The average molecular weight is 606 g/mol. The summed E-state index contributed by atoms with van der Waals surface area (Å²) >= 11 is 13.2. The quantitative estimate of drug-likeness (QED) is 0.129. The number of fused-ring (bicyclic) bond motifs is 1. The summed E-state index contributed by atoms with van der Waals surface area (Å²) in [6.07, 6.45) is 3.26. The Morgan fingerprint density at radius 3 is 2.21 bits per heavy atom. The molecule has 1 aromatic heterocycles. The van der Waals surface area contributed by atoms with Gasteiger partial charge in [0.15, 0.2) is 5.75 Å². The second-order valence-electron chi connectivity index (χ2n) is 12.8. The maximum Gasteiger partial charge on any atom is 0.167 e. The number of benzene rings is 1. The largest absolute Gasteiger partial charge is 0.489 e. The average Bonchev–Trinajstić information content (AvgIpc) is 3.15. The van der Waals surface area contributed by atoms with Crippen molar-refractivity contribution in [1.29, 1.82) is 0 Å². The molecule has 38 heavy (non-hydrogen) atoms. The van der Waals surface area contributed by atoms with Crippen LogP contribution in [0.3, 0.4) is 0 Å². The Bertz CT molecular complexity index is 1030. The van der Waals surface area contributed by atoms with Crippen molar-refractivity contribution in [3.63, 3.8) is 0 Å². The molecule has 0 amide bonds. The summed E-state index contributed by atoms with van der Waals surface area (Å²) in [5.74, 6) is 1.58. The summed E-state index contributed by atoms with van der Waals surface area (Å²) in [5.41, 5.74) is 1.46. The molecule has 0 unspecified atom stereocenters. The van der Waals surface area contributed by atoms with Crippen LogP contribution >= 0.6 is 23.2 Å². The van der Waals surface area contributed by atoms with E-state index in [1.807, 2.05) is 10.6 Å². The zero-order valence-corrected chi connectivity index (χ0v) is 27.5. The van der Waals surface area contributed by atoms with Crippen molar-refractivity contribution in [2.75, 3.05) is 26.6 Å². The highest BCUT2D eigenvalue weighted by atomic mass is 35.5. The van der Waals surface area contributed by atoms with E-state index in [-0.39, 0.29) is 19.5 Å². The summed E-state index contributed by atoms with van der Waals surface area (Å²) < 4.78 is 25.9. The van der Waals surface area contributed by atoms with Gasteiger partial charge < -0.3 is 28.6 Å². The van der Waals surface area contributed by atoms with Gasteiger partial charge in [-0.05, 0) is 49.8 Å². The zero-order chi connectivity index (χ0) is 27.9. The Morgan fingerprint density at radius 2 is 1.58 bits per heavy atom. The van der Waals surface area contributed by atoms with Gasteiger partial charge in [-0.1, -0.05) is 62.5 Å². The summed E-state index contributed by atoms with van der Waals surface area (Å²) in [7, 11) is -2.36. The standard InChI is InChI=1S/C27H46Cl2N2O5Si2/c1-37(2,3)13-11-33-18-31-23-15-22(28)25(29)27(36-16-20-7-9-21(32)10-8-20)26(23)30-24(31)17-35-19-34-12-14-38(4,5)6/h15,20-21,32H,7-14,16-19H2,1-6H3. The van der Waals surface area contributed by atoms with Crippen LogP contribution in [-0.2, 0) is 27.5 Å². The topological polar surface area (TPSA) is 75.0 Å². The van der Waals surface area contributed by atoms with Gasteiger partial charge >= 0.3 is 0 Å². The van der Waals surface area contributed by atoms with Crippen LogP contribution in [0.15, 0.2) is 6.07 Å². The fourth-order valence-electron chi connectivity index (χ4n) is 4.28. The van der Waals surface area contributed by atoms with E-state index in [1.54, 1.807) is 0 Å². The van der Waals surface area contributed by atoms with Crippen molar-refractivity contribution in [2.45, 2.75) is 96.5 Å². The van der Waals surface area contributed by atoms with Crippen molar-refractivity contribution in [3.8, 4) is 5.75 Å². The van der Waals surface area contributed by atoms with Gasteiger partial charge in [-0.2, -0.15) is 0 Å². The van der Waals surface area contributed by atoms with Crippen molar-refractivity contribution >= 4 is 50.4 Å². The first-order valence-corrected chi connectivity index (χ1v) is 21.9. The van der Waals surface area contributed by atoms with E-state index in [0.29, 0.717) is 59.6 Å². The number of hydrogen-bond acceptors (Lipinski definition) is 6. The van der Waals surface area contributed by atoms with E-state index in [9.17, 15) is 5.11 Å². The minimum absolute atomic E-state index is 0.202. The van der Waals surface area contributed by atoms with Gasteiger partial charge in [0, 0.05) is 29.4 Å². The molecule has 0 saturated heterocycles. The molecule has 11 heteroatoms. The van der Waals surface area contributed by atoms with E-state index >= 15 is 0 Å². The molecule has 1 aliphatic rings. The number of ether oxygens (including phenoxy) is 4. The first-order chi connectivity index (χ1) is 17.8. The summed E-state index contributed by atoms with van der Waals surface area (Å²) in [5, 5.41) is 10.6. The zero-order valence-electron chi connectivity index (χ0n) is 23.9. The molecule has 0 spiro atoms. The van der Waals surface area contributed by atoms with Crippen molar-refractivity contribution in [3.05, 3.63) is 21.9 Å². The lowest BCUT2D eigenvalue weighted by molar-refractivity contribution is -0.0609. The van der Waals surface area contributed by atoms with Gasteiger partial charge in [0.2, 0.25) is 0 Å². The molecule has 1 aromatic carbocycles. The molecule has 3 rings (SSSR count). The summed E-state index contributed by atoms with van der Waals surface area (Å²) in [6.45, 7) is 16.7. The van der Waals surface area contributed by atoms with Crippen molar-refractivity contribution in [2.24, 2.45) is 5.92 Å². The van der Waals surface area contributed by atoms with Gasteiger partial charge in [0.1, 0.15) is 36.5 Å². The highest BCUT2D eigenvalue weighted by Gasteiger charge is 2.24. The molecule has 7 nitrogen and oxygen atoms in total. The number of halogens is 2. The fraction of sp³-hybridized carbons (Fsp3) is 0.741. The number of aliphatic hydroxyl groups is 1. The van der Waals surface area contributed by atoms with Gasteiger partial charge in [-0.15, -0.1) is 0 Å². The normalized spacial score (nSPS) is 18.9. The van der Waals surface area contributed by atoms with Gasteiger partial charge in [0.05, 0.1) is 23.3 Å². The summed E-state index contributed by atoms with van der Waals surface area (Å²) in [6, 6.07) is 4.00. The number of hydrogen-bond donors (Lipinski definition) is 1. The molecule has 1 aliphatic carbocycles. The van der Waals surface area contributed by atoms with Crippen molar-refractivity contribution < 1.29 is 24.1 Å². The van der Waals surface area contributed by atoms with E-state index in [4.69, 9.17) is 47.1 Å². The molecule has 0 radical (unpaired) electrons. The Morgan fingerprint density at radius 1 is 0.947 bits per heavy atom. The van der Waals surface area contributed by atoms with Crippen molar-refractivity contribution in [1.82, 2.24) is 9.55 Å². The maximum absolute atomic E-state index is 9.83. The van der Waals surface area contributed by atoms with Crippen LogP contribution in [0.4, 0.5) is 0 Å². The molecule has 1 saturated carbocycles. The van der Waals surface area contributed by atoms with Crippen LogP contribution in [0.1, 0.15) is 31.5 Å². The number of imidazole rings is 1. The monoisotopic (exact) mass is 604 g/mol. The number of aliphatic hydroxyl groups excluding tert-OH is 1. The highest BCUT2D eigenvalue weighted by Crippen LogP contribution is 2.40. The van der Waals surface area contributed by atoms with E-state index in [1.165, 1.54) is 0 Å². The van der Waals surface area contributed by atoms with Crippen LogP contribution in [0.2, 0.25) is 61.4 Å². The third-order valence-electron chi connectivity index (χ3n) is 6.86. The molecular formula is C27H46Cl2N2O5Si2. The van der Waals surface area contributed by atoms with Gasteiger partial charge in [0.25, 0.3) is 0 Å². The number of nitrogens with zero attached hydrogens (tertiary/aromatic N) is 2. The summed E-state index contributed by atoms with van der Waals surface area (Å²) in [4.78, 5) is 4.88. The minimum Gasteiger partial charge on any atom is -0.489 e. The van der Waals surface area contributed by atoms with Crippen LogP contribution < -0.4 is 4.74 Å². The van der Waals surface area contributed by atoms with Crippen LogP contribution in [-0.4, -0.2) is 63.5 Å². The molecule has 1 heterocycles. The van der Waals surface area contributed by atoms with E-state index in [0.717, 1.165) is 43.3 Å². The Kier molecular flexibility index (Phi) is 12.0. The molecule has 2 aromatic rings. The molecule has 0 bridgehead atoms. The Hall–Kier alpha value is -0.656. The molecular weight excluding hydrogens is 559 g/mol. The lowest BCUT2D eigenvalue weighted by atomic mass is 9.88. The first kappa shape index (κ1) is 31.9. The van der Waals surface area contributed by atoms with Crippen LogP contribution in [0.25, 0.3) is 11.0 Å². The van der Waals surface area contributed by atoms with Gasteiger partial charge in [-0.3, -0.25) is 0 Å². The number of aromatic nitrogens is 2. The second kappa shape index (κ2) is 14.3. The first-order valence-electron chi connectivity index (χ1n) is 13.8. The fourth-order valence-corrected chi connectivity index (χ4v) is 6.19. The molecule has 1 N–H and O–H groups in total. The minimum atomic E-state index is -1.21. The number of rotatable bonds is 15. The lowest BCUT2D eigenvalue weighted by Gasteiger charge is -2.25. The van der Waals surface area contributed by atoms with E-state index in [2.05, 4.69) is 39.3 Å². The third-order valence-corrected chi connectivity index (χ3v) is 11.0. The second-order valence-corrected chi connectivity index (χ2v) is 24.9. The van der Waals surface area contributed by atoms with Gasteiger partial charge in [-0.25, -0.2) is 4.98 Å². The Labute approximate surface area is 240 Å².